The first-order chi connectivity index (χ1) is 12.6. The lowest BCUT2D eigenvalue weighted by atomic mass is 10.1. The van der Waals surface area contributed by atoms with Crippen molar-refractivity contribution in [3.05, 3.63) is 46.5 Å². The quantitative estimate of drug-likeness (QED) is 0.869. The van der Waals surface area contributed by atoms with Crippen LogP contribution >= 0.6 is 11.6 Å². The highest BCUT2D eigenvalue weighted by Gasteiger charge is 2.29. The maximum atomic E-state index is 12.8. The molecule has 7 heteroatoms. The van der Waals surface area contributed by atoms with Crippen molar-refractivity contribution in [2.24, 2.45) is 0 Å². The van der Waals surface area contributed by atoms with Crippen molar-refractivity contribution < 1.29 is 9.59 Å². The number of halogens is 1. The lowest BCUT2D eigenvalue weighted by Crippen LogP contribution is -2.31. The summed E-state index contributed by atoms with van der Waals surface area (Å²) in [5, 5.41) is 3.27. The highest BCUT2D eigenvalue weighted by molar-refractivity contribution is 6.33. The minimum Gasteiger partial charge on any atom is -0.338 e. The van der Waals surface area contributed by atoms with E-state index in [2.05, 4.69) is 10.3 Å². The van der Waals surface area contributed by atoms with Crippen LogP contribution in [0.25, 0.3) is 0 Å². The van der Waals surface area contributed by atoms with Crippen LogP contribution in [-0.2, 0) is 13.0 Å². The number of rotatable bonds is 5. The number of amides is 2. The first-order valence-electron chi connectivity index (χ1n) is 9.01. The van der Waals surface area contributed by atoms with Gasteiger partial charge in [-0.15, -0.1) is 0 Å². The molecule has 0 saturated carbocycles. The number of carbonyl (C=O) groups is 2. The maximum absolute atomic E-state index is 12.8. The molecule has 0 unspecified atom stereocenters. The van der Waals surface area contributed by atoms with E-state index in [4.69, 9.17) is 11.6 Å². The van der Waals surface area contributed by atoms with Crippen molar-refractivity contribution in [2.75, 3.05) is 18.4 Å². The lowest BCUT2D eigenvalue weighted by molar-refractivity contribution is 0.0766. The van der Waals surface area contributed by atoms with Gasteiger partial charge in [-0.25, -0.2) is 4.98 Å². The van der Waals surface area contributed by atoms with E-state index in [-0.39, 0.29) is 17.6 Å². The summed E-state index contributed by atoms with van der Waals surface area (Å²) in [6, 6.07) is 7.06. The number of hydrogen-bond donors (Lipinski definition) is 1. The monoisotopic (exact) mass is 374 g/mol. The molecule has 1 aromatic carbocycles. The highest BCUT2D eigenvalue weighted by atomic mass is 35.5. The third kappa shape index (κ3) is 3.46. The van der Waals surface area contributed by atoms with Gasteiger partial charge in [-0.2, -0.15) is 0 Å². The zero-order chi connectivity index (χ0) is 18.7. The number of nitrogens with one attached hydrogen (secondary N) is 1. The molecular formula is C19H23ClN4O2. The summed E-state index contributed by atoms with van der Waals surface area (Å²) >= 11 is 6.13. The summed E-state index contributed by atoms with van der Waals surface area (Å²) in [5.41, 5.74) is 1.79. The zero-order valence-electron chi connectivity index (χ0n) is 15.1. The predicted octanol–water partition coefficient (Wildman–Crippen LogP) is 3.61. The van der Waals surface area contributed by atoms with Gasteiger partial charge in [0.15, 0.2) is 5.82 Å². The minimum atomic E-state index is -0.347. The second kappa shape index (κ2) is 7.91. The minimum absolute atomic E-state index is 0.113. The van der Waals surface area contributed by atoms with Gasteiger partial charge in [-0.3, -0.25) is 9.59 Å². The van der Waals surface area contributed by atoms with Gasteiger partial charge in [0.2, 0.25) is 0 Å². The van der Waals surface area contributed by atoms with Crippen molar-refractivity contribution in [3.63, 3.8) is 0 Å². The van der Waals surface area contributed by atoms with Crippen LogP contribution in [0, 0.1) is 0 Å². The third-order valence-electron chi connectivity index (χ3n) is 4.70. The molecule has 0 saturated heterocycles. The number of benzene rings is 1. The molecule has 0 aliphatic carbocycles. The first-order valence-corrected chi connectivity index (χ1v) is 9.39. The first kappa shape index (κ1) is 18.5. The van der Waals surface area contributed by atoms with Crippen LogP contribution in [0.4, 0.5) is 5.69 Å². The number of para-hydroxylation sites is 1. The van der Waals surface area contributed by atoms with E-state index < -0.39 is 0 Å². The Kier molecular flexibility index (Phi) is 5.61. The van der Waals surface area contributed by atoms with Crippen LogP contribution < -0.4 is 5.32 Å². The van der Waals surface area contributed by atoms with Crippen molar-refractivity contribution in [1.82, 2.24) is 14.5 Å². The normalized spacial score (nSPS) is 13.2. The Morgan fingerprint density at radius 1 is 1.23 bits per heavy atom. The van der Waals surface area contributed by atoms with E-state index in [0.29, 0.717) is 36.0 Å². The fourth-order valence-corrected chi connectivity index (χ4v) is 3.47. The van der Waals surface area contributed by atoms with Crippen LogP contribution in [-0.4, -0.2) is 39.4 Å². The maximum Gasteiger partial charge on any atom is 0.291 e. The molecule has 2 amide bonds. The molecule has 2 aromatic rings. The third-order valence-corrected chi connectivity index (χ3v) is 5.03. The average Bonchev–Trinajstić information content (AvgIpc) is 3.04. The van der Waals surface area contributed by atoms with Gasteiger partial charge in [0.25, 0.3) is 11.8 Å². The van der Waals surface area contributed by atoms with Crippen molar-refractivity contribution in [2.45, 2.75) is 39.7 Å². The second-order valence-electron chi connectivity index (χ2n) is 6.25. The van der Waals surface area contributed by atoms with Gasteiger partial charge in [0, 0.05) is 19.6 Å². The molecule has 1 aliphatic rings. The van der Waals surface area contributed by atoms with Gasteiger partial charge in [0.05, 0.1) is 16.4 Å². The van der Waals surface area contributed by atoms with Crippen molar-refractivity contribution in [3.8, 4) is 0 Å². The summed E-state index contributed by atoms with van der Waals surface area (Å²) in [6.07, 6.45) is 2.72. The highest BCUT2D eigenvalue weighted by Crippen LogP contribution is 2.25. The second-order valence-corrected chi connectivity index (χ2v) is 6.66. The molecule has 0 spiro atoms. The van der Waals surface area contributed by atoms with E-state index in [0.717, 1.165) is 25.0 Å². The summed E-state index contributed by atoms with van der Waals surface area (Å²) < 4.78 is 1.88. The number of aromatic nitrogens is 2. The summed E-state index contributed by atoms with van der Waals surface area (Å²) in [6.45, 7) is 5.80. The van der Waals surface area contributed by atoms with Crippen LogP contribution in [0.15, 0.2) is 24.3 Å². The number of nitrogens with zero attached hydrogens (tertiary/aromatic N) is 3. The Bertz CT molecular complexity index is 827. The Labute approximate surface area is 158 Å². The number of anilines is 1. The predicted molar refractivity (Wildman–Crippen MR) is 102 cm³/mol. The van der Waals surface area contributed by atoms with Crippen molar-refractivity contribution in [1.29, 1.82) is 0 Å². The molecule has 0 radical (unpaired) electrons. The van der Waals surface area contributed by atoms with E-state index in [1.807, 2.05) is 18.4 Å². The van der Waals surface area contributed by atoms with E-state index >= 15 is 0 Å². The summed E-state index contributed by atoms with van der Waals surface area (Å²) in [5.74, 6) is -0.188. The molecule has 1 aliphatic heterocycles. The largest absolute Gasteiger partial charge is 0.338 e. The molecule has 3 rings (SSSR count). The Hall–Kier alpha value is -2.34. The smallest absolute Gasteiger partial charge is 0.291 e. The number of carbonyl (C=O) groups excluding carboxylic acids is 2. The molecule has 0 fully saturated rings. The fraction of sp³-hybridized carbons (Fsp3) is 0.421. The van der Waals surface area contributed by atoms with Crippen LogP contribution in [0.1, 0.15) is 53.5 Å². The van der Waals surface area contributed by atoms with Gasteiger partial charge in [-0.1, -0.05) is 23.7 Å². The molecular weight excluding hydrogens is 352 g/mol. The van der Waals surface area contributed by atoms with Gasteiger partial charge < -0.3 is 14.8 Å². The average molecular weight is 375 g/mol. The fourth-order valence-electron chi connectivity index (χ4n) is 3.29. The Balaban J connectivity index is 1.96. The zero-order valence-corrected chi connectivity index (χ0v) is 15.8. The SMILES string of the molecule is CCN(CC)C(=O)c1nc(C(=O)Nc2ccccc2Cl)n2c1CCCC2. The lowest BCUT2D eigenvalue weighted by Gasteiger charge is -2.20. The van der Waals surface area contributed by atoms with E-state index in [9.17, 15) is 9.59 Å². The topological polar surface area (TPSA) is 67.2 Å². The Morgan fingerprint density at radius 3 is 2.65 bits per heavy atom. The van der Waals surface area contributed by atoms with E-state index in [1.165, 1.54) is 0 Å². The summed E-state index contributed by atoms with van der Waals surface area (Å²) in [4.78, 5) is 31.8. The van der Waals surface area contributed by atoms with Crippen LogP contribution in [0.2, 0.25) is 5.02 Å². The molecule has 1 N–H and O–H groups in total. The molecule has 0 atom stereocenters. The molecule has 0 bridgehead atoms. The van der Waals surface area contributed by atoms with Crippen LogP contribution in [0.5, 0.6) is 0 Å². The molecule has 2 heterocycles. The number of hydrogen-bond acceptors (Lipinski definition) is 3. The number of imidazole rings is 1. The standard InChI is InChI=1S/C19H23ClN4O2/c1-3-23(4-2)19(26)16-15-11-7-8-12-24(15)17(22-16)18(25)21-14-10-6-5-9-13(14)20/h5-6,9-10H,3-4,7-8,11-12H2,1-2H3,(H,21,25). The van der Waals surface area contributed by atoms with Gasteiger partial charge in [-0.05, 0) is 45.2 Å². The molecule has 1 aromatic heterocycles. The number of fused-ring (bicyclic) bond motifs is 1. The Morgan fingerprint density at radius 2 is 1.96 bits per heavy atom. The van der Waals surface area contributed by atoms with Gasteiger partial charge in [0.1, 0.15) is 5.69 Å². The molecule has 138 valence electrons. The van der Waals surface area contributed by atoms with Crippen LogP contribution in [0.3, 0.4) is 0 Å². The van der Waals surface area contributed by atoms with Crippen molar-refractivity contribution >= 4 is 29.1 Å². The summed E-state index contributed by atoms with van der Waals surface area (Å²) in [7, 11) is 0. The molecule has 26 heavy (non-hydrogen) atoms. The van der Waals surface area contributed by atoms with Gasteiger partial charge >= 0.3 is 0 Å². The van der Waals surface area contributed by atoms with E-state index in [1.54, 1.807) is 29.2 Å². The molecule has 6 nitrogen and oxygen atoms in total.